The highest BCUT2D eigenvalue weighted by molar-refractivity contribution is 5.47. The van der Waals surface area contributed by atoms with E-state index >= 15 is 0 Å². The number of anilines is 2. The highest BCUT2D eigenvalue weighted by Gasteiger charge is 2.10. The molecular weight excluding hydrogens is 266 g/mol. The molecule has 2 heterocycles. The number of hydrogen-bond acceptors (Lipinski definition) is 5. The van der Waals surface area contributed by atoms with Crippen molar-refractivity contribution in [1.82, 2.24) is 9.97 Å². The zero-order valence-corrected chi connectivity index (χ0v) is 11.1. The molecule has 0 atom stereocenters. The van der Waals surface area contributed by atoms with Crippen LogP contribution in [0.1, 0.15) is 5.56 Å². The average Bonchev–Trinajstić information content (AvgIpc) is 2.47. The van der Waals surface area contributed by atoms with Crippen molar-refractivity contribution in [2.24, 2.45) is 0 Å². The van der Waals surface area contributed by atoms with E-state index in [1.807, 2.05) is 0 Å². The minimum Gasteiger partial charge on any atom is -0.481 e. The number of halogens is 2. The molecule has 0 aliphatic carbocycles. The summed E-state index contributed by atoms with van der Waals surface area (Å²) in [5.41, 5.74) is 0.822. The predicted octanol–water partition coefficient (Wildman–Crippen LogP) is 2.42. The maximum absolute atomic E-state index is 13.6. The van der Waals surface area contributed by atoms with Gasteiger partial charge in [-0.3, -0.25) is 0 Å². The summed E-state index contributed by atoms with van der Waals surface area (Å²) in [6.45, 7) is 0.315. The van der Waals surface area contributed by atoms with Crippen molar-refractivity contribution in [2.45, 2.75) is 6.54 Å². The van der Waals surface area contributed by atoms with Crippen molar-refractivity contribution in [3.8, 4) is 5.88 Å². The molecule has 7 heteroatoms. The van der Waals surface area contributed by atoms with Crippen LogP contribution in [0.25, 0.3) is 0 Å². The van der Waals surface area contributed by atoms with Gasteiger partial charge in [-0.25, -0.2) is 18.7 Å². The quantitative estimate of drug-likeness (QED) is 0.880. The van der Waals surface area contributed by atoms with Gasteiger partial charge in [-0.15, -0.1) is 0 Å². The second kappa shape index (κ2) is 6.14. The first-order valence-electron chi connectivity index (χ1n) is 5.90. The van der Waals surface area contributed by atoms with Gasteiger partial charge in [0, 0.05) is 31.9 Å². The Morgan fingerprint density at radius 3 is 2.55 bits per heavy atom. The highest BCUT2D eigenvalue weighted by Crippen LogP contribution is 2.19. The first-order valence-corrected chi connectivity index (χ1v) is 5.90. The summed E-state index contributed by atoms with van der Waals surface area (Å²) in [5, 5.41) is 5.35. The van der Waals surface area contributed by atoms with Gasteiger partial charge in [0.2, 0.25) is 5.88 Å². The molecule has 2 aromatic rings. The van der Waals surface area contributed by atoms with Crippen LogP contribution in [0.3, 0.4) is 0 Å². The van der Waals surface area contributed by atoms with E-state index in [4.69, 9.17) is 4.74 Å². The van der Waals surface area contributed by atoms with E-state index < -0.39 is 11.6 Å². The molecule has 0 bridgehead atoms. The molecule has 5 nitrogen and oxygen atoms in total. The van der Waals surface area contributed by atoms with Crippen molar-refractivity contribution in [3.63, 3.8) is 0 Å². The van der Waals surface area contributed by atoms with Gasteiger partial charge in [0.1, 0.15) is 0 Å². The van der Waals surface area contributed by atoms with Gasteiger partial charge in [0.15, 0.2) is 23.3 Å². The van der Waals surface area contributed by atoms with Crippen molar-refractivity contribution >= 4 is 11.6 Å². The number of nitrogens with zero attached hydrogens (tertiary/aromatic N) is 2. The Bertz CT molecular complexity index is 590. The lowest BCUT2D eigenvalue weighted by molar-refractivity contribution is 0.397. The van der Waals surface area contributed by atoms with Gasteiger partial charge < -0.3 is 15.4 Å². The third kappa shape index (κ3) is 3.11. The molecule has 0 aromatic carbocycles. The zero-order chi connectivity index (χ0) is 14.5. The fourth-order valence-electron chi connectivity index (χ4n) is 1.59. The third-order valence-electron chi connectivity index (χ3n) is 2.63. The Hall–Kier alpha value is -2.44. The molecule has 0 aliphatic heterocycles. The molecule has 2 N–H and O–H groups in total. The van der Waals surface area contributed by atoms with Crippen LogP contribution in [0.15, 0.2) is 24.4 Å². The van der Waals surface area contributed by atoms with Crippen molar-refractivity contribution < 1.29 is 13.5 Å². The average molecular weight is 280 g/mol. The smallest absolute Gasteiger partial charge is 0.212 e. The molecule has 2 rings (SSSR count). The number of hydrogen-bond donors (Lipinski definition) is 2. The summed E-state index contributed by atoms with van der Waals surface area (Å²) in [5.74, 6) is -1.02. The molecule has 0 saturated heterocycles. The first-order chi connectivity index (χ1) is 9.63. The SMILES string of the molecule is CNc1nc(NCc2ccc(OC)nc2)c(F)cc1F. The minimum absolute atomic E-state index is 0.0123. The second-order valence-electron chi connectivity index (χ2n) is 3.96. The fraction of sp³-hybridized carbons (Fsp3) is 0.231. The topological polar surface area (TPSA) is 59.1 Å². The number of nitrogens with one attached hydrogen (secondary N) is 2. The largest absolute Gasteiger partial charge is 0.481 e. The lowest BCUT2D eigenvalue weighted by Gasteiger charge is -2.09. The Labute approximate surface area is 115 Å². The maximum atomic E-state index is 13.6. The maximum Gasteiger partial charge on any atom is 0.212 e. The van der Waals surface area contributed by atoms with E-state index in [1.54, 1.807) is 18.3 Å². The van der Waals surface area contributed by atoms with Crippen LogP contribution in [0, 0.1) is 11.6 Å². The molecule has 0 saturated carbocycles. The molecule has 0 radical (unpaired) electrons. The van der Waals surface area contributed by atoms with Gasteiger partial charge in [-0.05, 0) is 5.56 Å². The van der Waals surface area contributed by atoms with Crippen LogP contribution in [0.2, 0.25) is 0 Å². The predicted molar refractivity (Wildman–Crippen MR) is 71.8 cm³/mol. The Balaban J connectivity index is 2.09. The van der Waals surface area contributed by atoms with E-state index in [2.05, 4.69) is 20.6 Å². The van der Waals surface area contributed by atoms with Crippen molar-refractivity contribution in [3.05, 3.63) is 41.6 Å². The molecule has 0 fully saturated rings. The normalized spacial score (nSPS) is 10.2. The van der Waals surface area contributed by atoms with Crippen LogP contribution in [0.4, 0.5) is 20.4 Å². The number of pyridine rings is 2. The number of aromatic nitrogens is 2. The number of methoxy groups -OCH3 is 1. The van der Waals surface area contributed by atoms with Crippen LogP contribution in [-0.2, 0) is 6.54 Å². The van der Waals surface area contributed by atoms with E-state index in [1.165, 1.54) is 14.2 Å². The number of rotatable bonds is 5. The first kappa shape index (κ1) is 14.0. The Morgan fingerprint density at radius 2 is 1.95 bits per heavy atom. The lowest BCUT2D eigenvalue weighted by atomic mass is 10.3. The Kier molecular flexibility index (Phi) is 4.29. The van der Waals surface area contributed by atoms with E-state index in [9.17, 15) is 8.78 Å². The molecule has 0 unspecified atom stereocenters. The molecule has 20 heavy (non-hydrogen) atoms. The van der Waals surface area contributed by atoms with E-state index in [0.29, 0.717) is 12.4 Å². The van der Waals surface area contributed by atoms with Crippen LogP contribution < -0.4 is 15.4 Å². The summed E-state index contributed by atoms with van der Waals surface area (Å²) >= 11 is 0. The summed E-state index contributed by atoms with van der Waals surface area (Å²) in [4.78, 5) is 7.85. The second-order valence-corrected chi connectivity index (χ2v) is 3.96. The molecule has 2 aromatic heterocycles. The number of ether oxygens (including phenoxy) is 1. The fourth-order valence-corrected chi connectivity index (χ4v) is 1.59. The summed E-state index contributed by atoms with van der Waals surface area (Å²) in [6.07, 6.45) is 1.60. The Morgan fingerprint density at radius 1 is 1.20 bits per heavy atom. The minimum atomic E-state index is -0.747. The van der Waals surface area contributed by atoms with Gasteiger partial charge in [-0.1, -0.05) is 6.07 Å². The summed E-state index contributed by atoms with van der Waals surface area (Å²) < 4.78 is 31.8. The lowest BCUT2D eigenvalue weighted by Crippen LogP contribution is -2.07. The van der Waals surface area contributed by atoms with Gasteiger partial charge in [0.25, 0.3) is 0 Å². The summed E-state index contributed by atoms with van der Waals surface area (Å²) in [7, 11) is 3.04. The third-order valence-corrected chi connectivity index (χ3v) is 2.63. The zero-order valence-electron chi connectivity index (χ0n) is 11.1. The molecule has 0 aliphatic rings. The van der Waals surface area contributed by atoms with Crippen LogP contribution in [-0.4, -0.2) is 24.1 Å². The monoisotopic (exact) mass is 280 g/mol. The van der Waals surface area contributed by atoms with Gasteiger partial charge in [-0.2, -0.15) is 0 Å². The van der Waals surface area contributed by atoms with E-state index in [-0.39, 0.29) is 11.6 Å². The van der Waals surface area contributed by atoms with Gasteiger partial charge in [0.05, 0.1) is 7.11 Å². The highest BCUT2D eigenvalue weighted by atomic mass is 19.1. The van der Waals surface area contributed by atoms with E-state index in [0.717, 1.165) is 11.6 Å². The van der Waals surface area contributed by atoms with Crippen LogP contribution in [0.5, 0.6) is 5.88 Å². The molecule has 0 amide bonds. The van der Waals surface area contributed by atoms with Crippen LogP contribution >= 0.6 is 0 Å². The van der Waals surface area contributed by atoms with Crippen molar-refractivity contribution in [2.75, 3.05) is 24.8 Å². The summed E-state index contributed by atoms with van der Waals surface area (Å²) in [6, 6.07) is 4.27. The molecule has 0 spiro atoms. The molecule has 106 valence electrons. The standard InChI is InChI=1S/C13H14F2N4O/c1-16-12-9(14)5-10(15)13(19-12)18-7-8-3-4-11(20-2)17-6-8/h3-6H,7H2,1-2H3,(H2,16,18,19). The van der Waals surface area contributed by atoms with Crippen molar-refractivity contribution in [1.29, 1.82) is 0 Å². The van der Waals surface area contributed by atoms with Gasteiger partial charge >= 0.3 is 0 Å². The molecular formula is C13H14F2N4O.